The summed E-state index contributed by atoms with van der Waals surface area (Å²) in [7, 11) is 0. The molecule has 0 aliphatic carbocycles. The van der Waals surface area contributed by atoms with Crippen molar-refractivity contribution in [2.75, 3.05) is 38.0 Å². The molecular weight excluding hydrogens is 430 g/mol. The van der Waals surface area contributed by atoms with Gasteiger partial charge in [0.25, 0.3) is 5.91 Å². The molecule has 2 atom stereocenters. The van der Waals surface area contributed by atoms with Gasteiger partial charge in [-0.15, -0.1) is 0 Å². The van der Waals surface area contributed by atoms with Crippen LogP contribution in [0.1, 0.15) is 54.2 Å². The van der Waals surface area contributed by atoms with Gasteiger partial charge in [-0.05, 0) is 49.4 Å². The summed E-state index contributed by atoms with van der Waals surface area (Å²) in [6.07, 6.45) is 3.64. The molecule has 0 saturated carbocycles. The number of rotatable bonds is 7. The lowest BCUT2D eigenvalue weighted by Crippen LogP contribution is -2.43. The third-order valence-electron chi connectivity index (χ3n) is 6.98. The molecule has 0 bridgehead atoms. The Hall–Kier alpha value is -2.97. The molecule has 2 aliphatic heterocycles. The predicted octanol–water partition coefficient (Wildman–Crippen LogP) is 2.21. The number of benzene rings is 1. The minimum absolute atomic E-state index is 0.108. The molecule has 0 radical (unpaired) electrons. The molecule has 1 fully saturated rings. The Morgan fingerprint density at radius 3 is 2.71 bits per heavy atom. The number of carbonyl (C=O) groups excluding carboxylic acids is 2. The van der Waals surface area contributed by atoms with Crippen LogP contribution in [0.5, 0.6) is 0 Å². The van der Waals surface area contributed by atoms with Crippen LogP contribution in [0.15, 0.2) is 42.6 Å². The molecule has 182 valence electrons. The molecule has 1 aromatic heterocycles. The number of fused-ring (bicyclic) bond motifs is 1. The van der Waals surface area contributed by atoms with Crippen LogP contribution in [0, 0.1) is 0 Å². The van der Waals surface area contributed by atoms with Crippen molar-refractivity contribution in [2.24, 2.45) is 0 Å². The quantitative estimate of drug-likeness (QED) is 0.580. The van der Waals surface area contributed by atoms with Gasteiger partial charge in [0.05, 0.1) is 6.10 Å². The number of aliphatic hydroxyl groups is 1. The van der Waals surface area contributed by atoms with E-state index >= 15 is 0 Å². The highest BCUT2D eigenvalue weighted by molar-refractivity contribution is 5.94. The number of hydrogen-bond acceptors (Lipinski definition) is 6. The topological polar surface area (TPSA) is 97.8 Å². The highest BCUT2D eigenvalue weighted by Crippen LogP contribution is 2.29. The van der Waals surface area contributed by atoms with Gasteiger partial charge in [0.1, 0.15) is 5.82 Å². The van der Waals surface area contributed by atoms with Gasteiger partial charge in [-0.25, -0.2) is 4.98 Å². The van der Waals surface area contributed by atoms with Gasteiger partial charge >= 0.3 is 0 Å². The summed E-state index contributed by atoms with van der Waals surface area (Å²) < 4.78 is 0. The Morgan fingerprint density at radius 1 is 1.18 bits per heavy atom. The van der Waals surface area contributed by atoms with Crippen LogP contribution in [0.3, 0.4) is 0 Å². The molecule has 8 heteroatoms. The van der Waals surface area contributed by atoms with E-state index < -0.39 is 6.10 Å². The highest BCUT2D eigenvalue weighted by atomic mass is 16.3. The van der Waals surface area contributed by atoms with E-state index in [0.29, 0.717) is 17.9 Å². The number of likely N-dealkylation sites (tertiary alicyclic amines) is 1. The minimum atomic E-state index is -0.650. The highest BCUT2D eigenvalue weighted by Gasteiger charge is 2.25. The maximum Gasteiger partial charge on any atom is 0.251 e. The predicted molar refractivity (Wildman–Crippen MR) is 132 cm³/mol. The Kier molecular flexibility index (Phi) is 7.80. The first-order chi connectivity index (χ1) is 16.4. The van der Waals surface area contributed by atoms with Crippen molar-refractivity contribution in [1.82, 2.24) is 20.1 Å². The maximum absolute atomic E-state index is 12.7. The monoisotopic (exact) mass is 465 g/mol. The van der Waals surface area contributed by atoms with Gasteiger partial charge in [0.2, 0.25) is 5.91 Å². The number of amides is 2. The van der Waals surface area contributed by atoms with E-state index in [0.717, 1.165) is 38.9 Å². The largest absolute Gasteiger partial charge is 0.390 e. The lowest BCUT2D eigenvalue weighted by molar-refractivity contribution is -0.129. The molecule has 34 heavy (non-hydrogen) atoms. The molecule has 3 N–H and O–H groups in total. The fourth-order valence-corrected chi connectivity index (χ4v) is 4.92. The molecule has 2 aromatic rings. The van der Waals surface area contributed by atoms with Gasteiger partial charge in [-0.1, -0.05) is 24.3 Å². The van der Waals surface area contributed by atoms with Gasteiger partial charge < -0.3 is 20.6 Å². The summed E-state index contributed by atoms with van der Waals surface area (Å²) in [4.78, 5) is 32.7. The fourth-order valence-electron chi connectivity index (χ4n) is 4.92. The number of piperidine rings is 1. The van der Waals surface area contributed by atoms with Crippen LogP contribution in [-0.2, 0) is 11.2 Å². The molecule has 1 aromatic carbocycles. The normalized spacial score (nSPS) is 19.9. The third kappa shape index (κ3) is 5.93. The average molecular weight is 466 g/mol. The number of carbonyl (C=O) groups is 2. The van der Waals surface area contributed by atoms with E-state index in [1.165, 1.54) is 11.1 Å². The van der Waals surface area contributed by atoms with Gasteiger partial charge in [-0.3, -0.25) is 14.5 Å². The van der Waals surface area contributed by atoms with E-state index in [1.807, 2.05) is 4.90 Å². The second-order valence-corrected chi connectivity index (χ2v) is 9.34. The number of aromatic nitrogens is 1. The zero-order valence-corrected chi connectivity index (χ0v) is 20.0. The van der Waals surface area contributed by atoms with E-state index in [4.69, 9.17) is 0 Å². The second-order valence-electron chi connectivity index (χ2n) is 9.34. The lowest BCUT2D eigenvalue weighted by Gasteiger charge is -2.36. The Bertz CT molecular complexity index is 1010. The number of hydrogen-bond donors (Lipinski definition) is 3. The van der Waals surface area contributed by atoms with Crippen LogP contribution in [0.2, 0.25) is 0 Å². The standard InChI is InChI=1S/C26H35N5O3/c1-18-24-6-4-3-5-20(24)8-12-31(18)17-23(33)16-28-26(34)21-7-11-27-25(15-21)29-22-9-13-30(14-10-22)19(2)32/h3-7,11,15,18,22-23,33H,8-10,12-14,16-17H2,1-2H3,(H,27,29)(H,28,34)/t18?,23-/m0/s1. The molecule has 2 amide bonds. The molecule has 1 saturated heterocycles. The van der Waals surface area contributed by atoms with Crippen molar-refractivity contribution in [3.05, 3.63) is 59.3 Å². The number of nitrogens with zero attached hydrogens (tertiary/aromatic N) is 3. The Labute approximate surface area is 201 Å². The lowest BCUT2D eigenvalue weighted by atomic mass is 9.93. The summed E-state index contributed by atoms with van der Waals surface area (Å²) in [6, 6.07) is 12.3. The van der Waals surface area contributed by atoms with Crippen LogP contribution < -0.4 is 10.6 Å². The number of anilines is 1. The molecular formula is C26H35N5O3. The van der Waals surface area contributed by atoms with E-state index in [-0.39, 0.29) is 30.4 Å². The van der Waals surface area contributed by atoms with E-state index in [2.05, 4.69) is 51.7 Å². The third-order valence-corrected chi connectivity index (χ3v) is 6.98. The number of aliphatic hydroxyl groups excluding tert-OH is 1. The van der Waals surface area contributed by atoms with Crippen molar-refractivity contribution < 1.29 is 14.7 Å². The zero-order chi connectivity index (χ0) is 24.1. The van der Waals surface area contributed by atoms with Gasteiger partial charge in [0, 0.05) is 63.5 Å². The summed E-state index contributed by atoms with van der Waals surface area (Å²) in [6.45, 7) is 6.82. The Morgan fingerprint density at radius 2 is 1.94 bits per heavy atom. The second kappa shape index (κ2) is 11.0. The van der Waals surface area contributed by atoms with Crippen molar-refractivity contribution in [3.63, 3.8) is 0 Å². The summed E-state index contributed by atoms with van der Waals surface area (Å²) >= 11 is 0. The van der Waals surface area contributed by atoms with Crippen molar-refractivity contribution in [3.8, 4) is 0 Å². The Balaban J connectivity index is 1.25. The first-order valence-corrected chi connectivity index (χ1v) is 12.2. The smallest absolute Gasteiger partial charge is 0.251 e. The molecule has 4 rings (SSSR count). The van der Waals surface area contributed by atoms with Crippen molar-refractivity contribution >= 4 is 17.6 Å². The molecule has 3 heterocycles. The van der Waals surface area contributed by atoms with Crippen molar-refractivity contribution in [2.45, 2.75) is 51.3 Å². The fraction of sp³-hybridized carbons (Fsp3) is 0.500. The number of β-amino-alcohol motifs (C(OH)–C–C–N with tert-alkyl or cyclic N) is 1. The molecule has 0 spiro atoms. The van der Waals surface area contributed by atoms with Crippen LogP contribution >= 0.6 is 0 Å². The molecule has 1 unspecified atom stereocenters. The van der Waals surface area contributed by atoms with E-state index in [9.17, 15) is 14.7 Å². The number of pyridine rings is 1. The van der Waals surface area contributed by atoms with Gasteiger partial charge in [-0.2, -0.15) is 0 Å². The zero-order valence-electron chi connectivity index (χ0n) is 20.0. The van der Waals surface area contributed by atoms with Crippen LogP contribution in [0.4, 0.5) is 5.82 Å². The maximum atomic E-state index is 12.7. The first kappa shape index (κ1) is 24.2. The van der Waals surface area contributed by atoms with Crippen LogP contribution in [0.25, 0.3) is 0 Å². The average Bonchev–Trinajstić information content (AvgIpc) is 2.85. The molecule has 2 aliphatic rings. The SMILES string of the molecule is CC(=O)N1CCC(Nc2cc(C(=O)NC[C@H](O)CN3CCc4ccccc4C3C)ccn2)CC1. The molecule has 8 nitrogen and oxygen atoms in total. The van der Waals surface area contributed by atoms with Crippen molar-refractivity contribution in [1.29, 1.82) is 0 Å². The van der Waals surface area contributed by atoms with E-state index in [1.54, 1.807) is 25.3 Å². The van der Waals surface area contributed by atoms with Gasteiger partial charge in [0.15, 0.2) is 0 Å². The van der Waals surface area contributed by atoms with Crippen LogP contribution in [-0.4, -0.2) is 76.6 Å². The minimum Gasteiger partial charge on any atom is -0.390 e. The summed E-state index contributed by atoms with van der Waals surface area (Å²) in [5, 5.41) is 16.8. The summed E-state index contributed by atoms with van der Waals surface area (Å²) in [5.74, 6) is 0.528. The number of nitrogens with one attached hydrogen (secondary N) is 2. The first-order valence-electron chi connectivity index (χ1n) is 12.2. The summed E-state index contributed by atoms with van der Waals surface area (Å²) in [5.41, 5.74) is 3.19.